The lowest BCUT2D eigenvalue weighted by atomic mass is 10.1. The van der Waals surface area contributed by atoms with E-state index >= 15 is 0 Å². The minimum atomic E-state index is -1.23. The topological polar surface area (TPSA) is 104 Å². The van der Waals surface area contributed by atoms with Crippen LogP contribution in [-0.4, -0.2) is 45.7 Å². The van der Waals surface area contributed by atoms with E-state index in [9.17, 15) is 14.4 Å². The highest BCUT2D eigenvalue weighted by Gasteiger charge is 2.43. The summed E-state index contributed by atoms with van der Waals surface area (Å²) in [5, 5.41) is 18.0. The van der Waals surface area contributed by atoms with Crippen molar-refractivity contribution < 1.29 is 29.3 Å². The average Bonchev–Trinajstić information content (AvgIpc) is 2.91. The predicted molar refractivity (Wildman–Crippen MR) is 70.5 cm³/mol. The predicted octanol–water partition coefficient (Wildman–Crippen LogP) is 1.18. The van der Waals surface area contributed by atoms with Gasteiger partial charge in [-0.05, 0) is 12.0 Å². The van der Waals surface area contributed by atoms with Crippen LogP contribution in [0.25, 0.3) is 0 Å². The molecule has 1 heterocycles. The van der Waals surface area contributed by atoms with Gasteiger partial charge in [-0.1, -0.05) is 30.3 Å². The van der Waals surface area contributed by atoms with Crippen molar-refractivity contribution in [1.82, 2.24) is 4.90 Å². The van der Waals surface area contributed by atoms with E-state index < -0.39 is 30.0 Å². The van der Waals surface area contributed by atoms with Gasteiger partial charge in [-0.25, -0.2) is 9.59 Å². The molecule has 1 amide bonds. The maximum Gasteiger partial charge on any atom is 0.410 e. The fourth-order valence-electron chi connectivity index (χ4n) is 2.25. The second kappa shape index (κ2) is 6.25. The van der Waals surface area contributed by atoms with Gasteiger partial charge in [0, 0.05) is 6.54 Å². The minimum absolute atomic E-state index is 0.0141. The van der Waals surface area contributed by atoms with Gasteiger partial charge in [-0.15, -0.1) is 0 Å². The Bertz CT molecular complexity index is 544. The van der Waals surface area contributed by atoms with Crippen molar-refractivity contribution in [1.29, 1.82) is 0 Å². The van der Waals surface area contributed by atoms with Crippen LogP contribution in [0, 0.1) is 5.92 Å². The fraction of sp³-hybridized carbons (Fsp3) is 0.357. The molecule has 1 aliphatic heterocycles. The first kappa shape index (κ1) is 14.8. The molecule has 0 aliphatic carbocycles. The zero-order valence-corrected chi connectivity index (χ0v) is 11.1. The molecule has 0 radical (unpaired) electrons. The zero-order chi connectivity index (χ0) is 15.4. The van der Waals surface area contributed by atoms with Crippen molar-refractivity contribution in [3.8, 4) is 0 Å². The monoisotopic (exact) mass is 293 g/mol. The summed E-state index contributed by atoms with van der Waals surface area (Å²) >= 11 is 0. The molecule has 1 aromatic rings. The second-order valence-electron chi connectivity index (χ2n) is 4.82. The second-order valence-corrected chi connectivity index (χ2v) is 4.82. The lowest BCUT2D eigenvalue weighted by Gasteiger charge is -2.20. The maximum atomic E-state index is 11.9. The van der Waals surface area contributed by atoms with Gasteiger partial charge in [0.25, 0.3) is 0 Å². The Morgan fingerprint density at radius 2 is 1.81 bits per heavy atom. The van der Waals surface area contributed by atoms with Gasteiger partial charge in [-0.3, -0.25) is 9.69 Å². The van der Waals surface area contributed by atoms with Crippen LogP contribution < -0.4 is 0 Å². The van der Waals surface area contributed by atoms with E-state index in [1.165, 1.54) is 0 Å². The van der Waals surface area contributed by atoms with E-state index in [0.29, 0.717) is 0 Å². The maximum absolute atomic E-state index is 11.9. The average molecular weight is 293 g/mol. The van der Waals surface area contributed by atoms with Gasteiger partial charge in [0.1, 0.15) is 12.6 Å². The lowest BCUT2D eigenvalue weighted by molar-refractivity contribution is -0.141. The van der Waals surface area contributed by atoms with Crippen LogP contribution in [-0.2, 0) is 20.9 Å². The molecule has 7 nitrogen and oxygen atoms in total. The molecule has 0 unspecified atom stereocenters. The molecule has 21 heavy (non-hydrogen) atoms. The van der Waals surface area contributed by atoms with Gasteiger partial charge in [0.05, 0.1) is 5.92 Å². The number of carbonyl (C=O) groups is 3. The number of ether oxygens (including phenoxy) is 1. The first-order valence-electron chi connectivity index (χ1n) is 6.42. The van der Waals surface area contributed by atoms with Crippen molar-refractivity contribution >= 4 is 18.0 Å². The third kappa shape index (κ3) is 3.50. The van der Waals surface area contributed by atoms with Crippen LogP contribution in [0.3, 0.4) is 0 Å². The number of benzene rings is 1. The SMILES string of the molecule is O=C(O)[C@@H]1C[C@H](C(=O)O)N(C(=O)OCc2ccccc2)C1. The molecule has 2 rings (SSSR count). The summed E-state index contributed by atoms with van der Waals surface area (Å²) < 4.78 is 5.05. The number of likely N-dealkylation sites (tertiary alicyclic amines) is 1. The summed E-state index contributed by atoms with van der Waals surface area (Å²) in [6.45, 7) is -0.139. The summed E-state index contributed by atoms with van der Waals surface area (Å²) in [6.07, 6.45) is -0.916. The largest absolute Gasteiger partial charge is 0.481 e. The third-order valence-electron chi connectivity index (χ3n) is 3.38. The molecule has 2 atom stereocenters. The first-order valence-corrected chi connectivity index (χ1v) is 6.42. The molecule has 7 heteroatoms. The Balaban J connectivity index is 1.99. The fourth-order valence-corrected chi connectivity index (χ4v) is 2.25. The summed E-state index contributed by atoms with van der Waals surface area (Å²) in [7, 11) is 0. The minimum Gasteiger partial charge on any atom is -0.481 e. The molecule has 1 aromatic carbocycles. The molecular formula is C14H15NO6. The van der Waals surface area contributed by atoms with Crippen molar-refractivity contribution in [2.24, 2.45) is 5.92 Å². The Labute approximate surface area is 120 Å². The van der Waals surface area contributed by atoms with Crippen LogP contribution in [0.2, 0.25) is 0 Å². The van der Waals surface area contributed by atoms with E-state index in [0.717, 1.165) is 10.5 Å². The quantitative estimate of drug-likeness (QED) is 0.864. The Morgan fingerprint density at radius 1 is 1.14 bits per heavy atom. The van der Waals surface area contributed by atoms with Gasteiger partial charge >= 0.3 is 18.0 Å². The number of aliphatic carboxylic acids is 2. The number of hydrogen-bond donors (Lipinski definition) is 2. The standard InChI is InChI=1S/C14H15NO6/c16-12(17)10-6-11(13(18)19)15(7-10)14(20)21-8-9-4-2-1-3-5-9/h1-5,10-11H,6-8H2,(H,16,17)(H,18,19)/t10-,11-/m1/s1. The number of carbonyl (C=O) groups excluding carboxylic acids is 1. The van der Waals surface area contributed by atoms with Crippen LogP contribution in [0.15, 0.2) is 30.3 Å². The number of carboxylic acids is 2. The summed E-state index contributed by atoms with van der Waals surface area (Å²) in [5.74, 6) is -3.22. The van der Waals surface area contributed by atoms with Crippen LogP contribution in [0.4, 0.5) is 4.79 Å². The lowest BCUT2D eigenvalue weighted by Crippen LogP contribution is -2.40. The summed E-state index contributed by atoms with van der Waals surface area (Å²) in [6, 6.07) is 7.79. The van der Waals surface area contributed by atoms with Gasteiger partial charge in [-0.2, -0.15) is 0 Å². The normalized spacial score (nSPS) is 21.0. The molecule has 0 aromatic heterocycles. The molecule has 2 N–H and O–H groups in total. The first-order chi connectivity index (χ1) is 9.99. The Kier molecular flexibility index (Phi) is 4.42. The number of nitrogens with zero attached hydrogens (tertiary/aromatic N) is 1. The van der Waals surface area contributed by atoms with Crippen LogP contribution >= 0.6 is 0 Å². The van der Waals surface area contributed by atoms with Gasteiger partial charge in [0.2, 0.25) is 0 Å². The molecular weight excluding hydrogens is 278 g/mol. The zero-order valence-electron chi connectivity index (χ0n) is 11.1. The molecule has 1 saturated heterocycles. The smallest absolute Gasteiger partial charge is 0.410 e. The Hall–Kier alpha value is -2.57. The molecule has 0 spiro atoms. The molecule has 0 bridgehead atoms. The van der Waals surface area contributed by atoms with Crippen LogP contribution in [0.5, 0.6) is 0 Å². The molecule has 1 aliphatic rings. The van der Waals surface area contributed by atoms with E-state index in [4.69, 9.17) is 14.9 Å². The highest BCUT2D eigenvalue weighted by atomic mass is 16.6. The number of rotatable bonds is 4. The Morgan fingerprint density at radius 3 is 2.38 bits per heavy atom. The summed E-state index contributed by atoms with van der Waals surface area (Å²) in [5.41, 5.74) is 0.770. The summed E-state index contributed by atoms with van der Waals surface area (Å²) in [4.78, 5) is 35.0. The number of hydrogen-bond acceptors (Lipinski definition) is 4. The van der Waals surface area contributed by atoms with Gasteiger partial charge < -0.3 is 14.9 Å². The highest BCUT2D eigenvalue weighted by Crippen LogP contribution is 2.24. The number of carboxylic acid groups (broad SMARTS) is 2. The van der Waals surface area contributed by atoms with Crippen molar-refractivity contribution in [3.63, 3.8) is 0 Å². The molecule has 1 fully saturated rings. The van der Waals surface area contributed by atoms with Crippen molar-refractivity contribution in [3.05, 3.63) is 35.9 Å². The van der Waals surface area contributed by atoms with Crippen molar-refractivity contribution in [2.75, 3.05) is 6.54 Å². The van der Waals surface area contributed by atoms with E-state index in [1.807, 2.05) is 6.07 Å². The van der Waals surface area contributed by atoms with Crippen molar-refractivity contribution in [2.45, 2.75) is 19.1 Å². The molecule has 0 saturated carbocycles. The number of amides is 1. The van der Waals surface area contributed by atoms with Crippen LogP contribution in [0.1, 0.15) is 12.0 Å². The highest BCUT2D eigenvalue weighted by molar-refractivity contribution is 5.83. The van der Waals surface area contributed by atoms with E-state index in [1.54, 1.807) is 24.3 Å². The van der Waals surface area contributed by atoms with E-state index in [2.05, 4.69) is 0 Å². The molecule has 112 valence electrons. The van der Waals surface area contributed by atoms with E-state index in [-0.39, 0.29) is 19.6 Å². The van der Waals surface area contributed by atoms with Gasteiger partial charge in [0.15, 0.2) is 0 Å². The third-order valence-corrected chi connectivity index (χ3v) is 3.38.